The molecule has 146 valence electrons. The molecule has 4 aromatic rings. The van der Waals surface area contributed by atoms with Gasteiger partial charge in [-0.15, -0.1) is 5.10 Å². The Bertz CT molecular complexity index is 1050. The zero-order valence-corrected chi connectivity index (χ0v) is 16.4. The largest absolute Gasteiger partial charge is 0.343 e. The van der Waals surface area contributed by atoms with Crippen LogP contribution in [0.1, 0.15) is 17.2 Å². The number of quaternary nitrogens is 1. The predicted octanol–water partition coefficient (Wildman–Crippen LogP) is 1.25. The van der Waals surface area contributed by atoms with Crippen LogP contribution >= 0.6 is 0 Å². The summed E-state index contributed by atoms with van der Waals surface area (Å²) in [5.41, 5.74) is 4.28. The summed E-state index contributed by atoms with van der Waals surface area (Å²) in [5, 5.41) is 8.39. The van der Waals surface area contributed by atoms with E-state index in [1.165, 1.54) is 11.1 Å². The molecule has 5 rings (SSSR count). The standard InChI is InChI=1S/C22H23N7/c1-27-21-19(25-26-27)22(24-16-23-21)29-14-12-28(13-15-29)20(17-8-4-2-5-9-17)18-10-6-3-7-11-18/h2-11,16,20H,12-15H2,1H3/p+1. The summed E-state index contributed by atoms with van der Waals surface area (Å²) >= 11 is 0. The molecule has 7 heteroatoms. The summed E-state index contributed by atoms with van der Waals surface area (Å²) in [4.78, 5) is 12.7. The molecule has 1 saturated heterocycles. The van der Waals surface area contributed by atoms with Gasteiger partial charge >= 0.3 is 0 Å². The molecule has 0 radical (unpaired) electrons. The molecule has 1 N–H and O–H groups in total. The molecule has 0 spiro atoms. The van der Waals surface area contributed by atoms with Crippen molar-refractivity contribution >= 4 is 17.0 Å². The highest BCUT2D eigenvalue weighted by Crippen LogP contribution is 2.22. The molecule has 7 nitrogen and oxygen atoms in total. The first-order valence-corrected chi connectivity index (χ1v) is 10.0. The third-order valence-electron chi connectivity index (χ3n) is 5.75. The number of nitrogens with zero attached hydrogens (tertiary/aromatic N) is 6. The van der Waals surface area contributed by atoms with Crippen molar-refractivity contribution in [1.82, 2.24) is 25.0 Å². The van der Waals surface area contributed by atoms with Gasteiger partial charge in [-0.1, -0.05) is 65.9 Å². The van der Waals surface area contributed by atoms with Gasteiger partial charge in [0.05, 0.1) is 26.2 Å². The van der Waals surface area contributed by atoms with Crippen LogP contribution in [-0.4, -0.2) is 51.1 Å². The van der Waals surface area contributed by atoms with Gasteiger partial charge in [-0.2, -0.15) is 0 Å². The van der Waals surface area contributed by atoms with Crippen LogP contribution in [0.4, 0.5) is 5.82 Å². The van der Waals surface area contributed by atoms with Crippen LogP contribution in [0.25, 0.3) is 11.2 Å². The topological polar surface area (TPSA) is 64.2 Å². The number of anilines is 1. The van der Waals surface area contributed by atoms with E-state index in [1.807, 2.05) is 7.05 Å². The molecule has 1 fully saturated rings. The van der Waals surface area contributed by atoms with Crippen molar-refractivity contribution in [1.29, 1.82) is 0 Å². The Kier molecular flexibility index (Phi) is 4.65. The maximum absolute atomic E-state index is 4.52. The van der Waals surface area contributed by atoms with E-state index >= 15 is 0 Å². The van der Waals surface area contributed by atoms with E-state index in [4.69, 9.17) is 0 Å². The molecule has 0 bridgehead atoms. The Morgan fingerprint density at radius 3 is 2.10 bits per heavy atom. The van der Waals surface area contributed by atoms with Crippen molar-refractivity contribution in [3.63, 3.8) is 0 Å². The Balaban J connectivity index is 1.41. The van der Waals surface area contributed by atoms with Crippen molar-refractivity contribution in [3.8, 4) is 0 Å². The number of piperazine rings is 1. The summed E-state index contributed by atoms with van der Waals surface area (Å²) in [6, 6.07) is 22.0. The van der Waals surface area contributed by atoms with E-state index in [0.29, 0.717) is 6.04 Å². The second-order valence-electron chi connectivity index (χ2n) is 7.48. The molecule has 2 aromatic carbocycles. The normalized spacial score (nSPS) is 15.3. The Morgan fingerprint density at radius 2 is 1.48 bits per heavy atom. The predicted molar refractivity (Wildman–Crippen MR) is 112 cm³/mol. The van der Waals surface area contributed by atoms with Gasteiger partial charge in [-0.05, 0) is 0 Å². The van der Waals surface area contributed by atoms with Crippen LogP contribution in [0.2, 0.25) is 0 Å². The van der Waals surface area contributed by atoms with Gasteiger partial charge < -0.3 is 9.80 Å². The minimum absolute atomic E-state index is 0.335. The molecular weight excluding hydrogens is 362 g/mol. The zero-order valence-electron chi connectivity index (χ0n) is 16.4. The fraction of sp³-hybridized carbons (Fsp3) is 0.273. The number of hydrogen-bond donors (Lipinski definition) is 1. The highest BCUT2D eigenvalue weighted by Gasteiger charge is 2.31. The summed E-state index contributed by atoms with van der Waals surface area (Å²) in [7, 11) is 1.86. The summed E-state index contributed by atoms with van der Waals surface area (Å²) in [5.74, 6) is 0.887. The van der Waals surface area contributed by atoms with Crippen LogP contribution in [0, 0.1) is 0 Å². The molecule has 0 atom stereocenters. The zero-order chi connectivity index (χ0) is 19.6. The maximum Gasteiger partial charge on any atom is 0.183 e. The summed E-state index contributed by atoms with van der Waals surface area (Å²) in [6.45, 7) is 3.91. The van der Waals surface area contributed by atoms with Gasteiger partial charge in [0, 0.05) is 18.2 Å². The molecule has 2 aromatic heterocycles. The SMILES string of the molecule is Cn1nnc2c(N3CC[NH+](C(c4ccccc4)c4ccccc4)CC3)ncnc21. The van der Waals surface area contributed by atoms with Crippen molar-refractivity contribution in [2.24, 2.45) is 7.05 Å². The van der Waals surface area contributed by atoms with E-state index in [9.17, 15) is 0 Å². The van der Waals surface area contributed by atoms with Crippen LogP contribution < -0.4 is 9.80 Å². The van der Waals surface area contributed by atoms with Crippen molar-refractivity contribution < 1.29 is 4.90 Å². The lowest BCUT2D eigenvalue weighted by atomic mass is 9.96. The number of nitrogens with one attached hydrogen (secondary N) is 1. The first-order valence-electron chi connectivity index (χ1n) is 10.0. The lowest BCUT2D eigenvalue weighted by Gasteiger charge is -2.37. The van der Waals surface area contributed by atoms with Crippen LogP contribution in [0.5, 0.6) is 0 Å². The van der Waals surface area contributed by atoms with Crippen LogP contribution in [0.3, 0.4) is 0 Å². The van der Waals surface area contributed by atoms with Gasteiger partial charge in [-0.25, -0.2) is 14.6 Å². The van der Waals surface area contributed by atoms with Crippen molar-refractivity contribution in [3.05, 3.63) is 78.1 Å². The van der Waals surface area contributed by atoms with Gasteiger partial charge in [-0.3, -0.25) is 0 Å². The lowest BCUT2D eigenvalue weighted by Crippen LogP contribution is -3.15. The maximum atomic E-state index is 4.52. The number of rotatable bonds is 4. The first kappa shape index (κ1) is 17.8. The molecule has 0 amide bonds. The van der Waals surface area contributed by atoms with Gasteiger partial charge in [0.25, 0.3) is 0 Å². The molecule has 0 aliphatic carbocycles. The monoisotopic (exact) mass is 386 g/mol. The quantitative estimate of drug-likeness (QED) is 0.572. The minimum atomic E-state index is 0.335. The highest BCUT2D eigenvalue weighted by molar-refractivity contribution is 5.82. The van der Waals surface area contributed by atoms with Crippen LogP contribution in [-0.2, 0) is 7.05 Å². The number of aryl methyl sites for hydroxylation is 1. The smallest absolute Gasteiger partial charge is 0.183 e. The molecular formula is C22H24N7+. The molecule has 1 aliphatic rings. The Morgan fingerprint density at radius 1 is 0.862 bits per heavy atom. The molecule has 3 heterocycles. The average molecular weight is 386 g/mol. The first-order chi connectivity index (χ1) is 14.3. The minimum Gasteiger partial charge on any atom is -0.343 e. The number of fused-ring (bicyclic) bond motifs is 1. The van der Waals surface area contributed by atoms with E-state index in [2.05, 4.69) is 85.8 Å². The number of aromatic nitrogens is 5. The molecule has 1 aliphatic heterocycles. The average Bonchev–Trinajstić information content (AvgIpc) is 3.17. The summed E-state index contributed by atoms with van der Waals surface area (Å²) in [6.07, 6.45) is 1.61. The molecule has 0 unspecified atom stereocenters. The van der Waals surface area contributed by atoms with E-state index in [0.717, 1.165) is 43.2 Å². The molecule has 0 saturated carbocycles. The lowest BCUT2D eigenvalue weighted by molar-refractivity contribution is -0.926. The third-order valence-corrected chi connectivity index (χ3v) is 5.75. The van der Waals surface area contributed by atoms with Crippen molar-refractivity contribution in [2.75, 3.05) is 31.1 Å². The Hall–Kier alpha value is -3.32. The second kappa shape index (κ2) is 7.60. The Labute approximate surface area is 169 Å². The second-order valence-corrected chi connectivity index (χ2v) is 7.48. The van der Waals surface area contributed by atoms with Crippen LogP contribution in [0.15, 0.2) is 67.0 Å². The number of hydrogen-bond acceptors (Lipinski definition) is 5. The van der Waals surface area contributed by atoms with Gasteiger partial charge in [0.2, 0.25) is 0 Å². The van der Waals surface area contributed by atoms with E-state index in [-0.39, 0.29) is 0 Å². The number of benzene rings is 2. The fourth-order valence-corrected chi connectivity index (χ4v) is 4.32. The van der Waals surface area contributed by atoms with E-state index in [1.54, 1.807) is 15.9 Å². The van der Waals surface area contributed by atoms with E-state index < -0.39 is 0 Å². The highest BCUT2D eigenvalue weighted by atomic mass is 15.4. The van der Waals surface area contributed by atoms with Gasteiger partial charge in [0.1, 0.15) is 12.4 Å². The summed E-state index contributed by atoms with van der Waals surface area (Å²) < 4.78 is 1.70. The third kappa shape index (κ3) is 3.34. The molecule has 29 heavy (non-hydrogen) atoms. The fourth-order valence-electron chi connectivity index (χ4n) is 4.32. The van der Waals surface area contributed by atoms with Gasteiger partial charge in [0.15, 0.2) is 17.0 Å². The van der Waals surface area contributed by atoms with Crippen molar-refractivity contribution in [2.45, 2.75) is 6.04 Å².